The van der Waals surface area contributed by atoms with Crippen LogP contribution in [0.5, 0.6) is 5.75 Å². The smallest absolute Gasteiger partial charge is 0.255 e. The van der Waals surface area contributed by atoms with E-state index in [1.807, 2.05) is 0 Å². The number of phenols is 1. The average molecular weight is 383 g/mol. The van der Waals surface area contributed by atoms with Gasteiger partial charge in [0.1, 0.15) is 17.6 Å². The second-order valence-corrected chi connectivity index (χ2v) is 6.86. The summed E-state index contributed by atoms with van der Waals surface area (Å²) < 4.78 is 13.9. The Hall–Kier alpha value is -3.42. The van der Waals surface area contributed by atoms with Gasteiger partial charge < -0.3 is 15.3 Å². The number of anilines is 1. The van der Waals surface area contributed by atoms with Crippen LogP contribution in [0.15, 0.2) is 36.4 Å². The zero-order chi connectivity index (χ0) is 19.8. The van der Waals surface area contributed by atoms with Gasteiger partial charge in [0.2, 0.25) is 11.8 Å². The van der Waals surface area contributed by atoms with E-state index >= 15 is 0 Å². The van der Waals surface area contributed by atoms with Gasteiger partial charge in [0.15, 0.2) is 0 Å². The molecule has 1 atom stereocenters. The van der Waals surface area contributed by atoms with Gasteiger partial charge in [-0.05, 0) is 24.6 Å². The Morgan fingerprint density at radius 2 is 2.04 bits per heavy atom. The molecule has 2 aromatic rings. The fourth-order valence-electron chi connectivity index (χ4n) is 3.62. The number of benzene rings is 2. The molecule has 2 aliphatic rings. The molecule has 2 heterocycles. The van der Waals surface area contributed by atoms with E-state index in [-0.39, 0.29) is 37.1 Å². The van der Waals surface area contributed by atoms with Crippen molar-refractivity contribution in [3.05, 3.63) is 58.9 Å². The molecule has 0 spiro atoms. The molecule has 7 nitrogen and oxygen atoms in total. The number of phenolic OH excluding ortho intramolecular Hbond substituents is 1. The molecule has 0 saturated carbocycles. The van der Waals surface area contributed by atoms with Crippen LogP contribution in [0.1, 0.15) is 34.3 Å². The van der Waals surface area contributed by atoms with Crippen LogP contribution < -0.4 is 10.6 Å². The van der Waals surface area contributed by atoms with Crippen LogP contribution in [0.3, 0.4) is 0 Å². The number of carbonyl (C=O) groups is 3. The first-order valence-electron chi connectivity index (χ1n) is 8.92. The lowest BCUT2D eigenvalue weighted by Gasteiger charge is -2.29. The van der Waals surface area contributed by atoms with Crippen molar-refractivity contribution in [2.75, 3.05) is 5.32 Å². The number of hydrogen-bond donors (Lipinski definition) is 3. The largest absolute Gasteiger partial charge is 0.508 e. The standard InChI is InChI=1S/C20H18FN3O4/c21-15-8-12(25)5-4-11(15)9-22-16-3-1-2-13-14(16)10-24(20(13)28)17-6-7-18(26)23-19(17)27/h1-5,8,17,22,25H,6-7,9-10H2,(H,23,26,27)/t17-/m0/s1. The van der Waals surface area contributed by atoms with Crippen LogP contribution in [-0.4, -0.2) is 33.8 Å². The predicted octanol–water partition coefficient (Wildman–Crippen LogP) is 1.90. The van der Waals surface area contributed by atoms with Gasteiger partial charge in [0.25, 0.3) is 5.91 Å². The first-order valence-corrected chi connectivity index (χ1v) is 8.92. The summed E-state index contributed by atoms with van der Waals surface area (Å²) in [6, 6.07) is 8.46. The molecule has 144 valence electrons. The molecular formula is C20H18FN3O4. The van der Waals surface area contributed by atoms with Crippen molar-refractivity contribution in [2.45, 2.75) is 32.0 Å². The second kappa shape index (κ2) is 6.95. The third-order valence-corrected chi connectivity index (χ3v) is 5.09. The maximum atomic E-state index is 13.9. The molecule has 0 bridgehead atoms. The number of imide groups is 1. The summed E-state index contributed by atoms with van der Waals surface area (Å²) in [5.74, 6) is -1.72. The highest BCUT2D eigenvalue weighted by molar-refractivity contribution is 6.06. The summed E-state index contributed by atoms with van der Waals surface area (Å²) in [5.41, 5.74) is 2.27. The zero-order valence-electron chi connectivity index (χ0n) is 14.9. The van der Waals surface area contributed by atoms with E-state index in [9.17, 15) is 23.9 Å². The number of rotatable bonds is 4. The van der Waals surface area contributed by atoms with Gasteiger partial charge in [-0.1, -0.05) is 12.1 Å². The molecule has 0 radical (unpaired) electrons. The number of fused-ring (bicyclic) bond motifs is 1. The quantitative estimate of drug-likeness (QED) is 0.701. The molecule has 0 unspecified atom stereocenters. The monoisotopic (exact) mass is 383 g/mol. The number of aromatic hydroxyl groups is 1. The van der Waals surface area contributed by atoms with Crippen LogP contribution in [0.25, 0.3) is 0 Å². The molecule has 3 amide bonds. The Morgan fingerprint density at radius 3 is 2.79 bits per heavy atom. The molecule has 3 N–H and O–H groups in total. The van der Waals surface area contributed by atoms with E-state index in [1.54, 1.807) is 18.2 Å². The highest BCUT2D eigenvalue weighted by atomic mass is 19.1. The van der Waals surface area contributed by atoms with Crippen LogP contribution in [0.2, 0.25) is 0 Å². The van der Waals surface area contributed by atoms with E-state index < -0.39 is 17.8 Å². The maximum absolute atomic E-state index is 13.9. The van der Waals surface area contributed by atoms with Crippen molar-refractivity contribution in [1.82, 2.24) is 10.2 Å². The highest BCUT2D eigenvalue weighted by Crippen LogP contribution is 2.32. The molecule has 4 rings (SSSR count). The lowest BCUT2D eigenvalue weighted by Crippen LogP contribution is -2.52. The van der Waals surface area contributed by atoms with E-state index in [0.717, 1.165) is 11.6 Å². The lowest BCUT2D eigenvalue weighted by molar-refractivity contribution is -0.136. The summed E-state index contributed by atoms with van der Waals surface area (Å²) in [6.07, 6.45) is 0.494. The number of carbonyl (C=O) groups excluding carboxylic acids is 3. The maximum Gasteiger partial charge on any atom is 0.255 e. The van der Waals surface area contributed by atoms with Crippen LogP contribution >= 0.6 is 0 Å². The molecule has 28 heavy (non-hydrogen) atoms. The number of nitrogens with one attached hydrogen (secondary N) is 2. The fraction of sp³-hybridized carbons (Fsp3) is 0.250. The van der Waals surface area contributed by atoms with E-state index in [0.29, 0.717) is 23.2 Å². The second-order valence-electron chi connectivity index (χ2n) is 6.86. The fourth-order valence-corrected chi connectivity index (χ4v) is 3.62. The van der Waals surface area contributed by atoms with Crippen molar-refractivity contribution in [2.24, 2.45) is 0 Å². The summed E-state index contributed by atoms with van der Waals surface area (Å²) in [6.45, 7) is 0.414. The Balaban J connectivity index is 1.54. The molecule has 0 aromatic heterocycles. The Kier molecular flexibility index (Phi) is 4.46. The van der Waals surface area contributed by atoms with Gasteiger partial charge >= 0.3 is 0 Å². The molecule has 1 saturated heterocycles. The molecule has 2 aliphatic heterocycles. The number of hydrogen-bond acceptors (Lipinski definition) is 5. The molecule has 8 heteroatoms. The van der Waals surface area contributed by atoms with Gasteiger partial charge in [-0.15, -0.1) is 0 Å². The Labute approximate surface area is 160 Å². The highest BCUT2D eigenvalue weighted by Gasteiger charge is 2.39. The molecular weight excluding hydrogens is 365 g/mol. The normalized spacial score (nSPS) is 18.8. The minimum absolute atomic E-state index is 0.146. The van der Waals surface area contributed by atoms with Crippen molar-refractivity contribution >= 4 is 23.4 Å². The molecule has 2 aromatic carbocycles. The van der Waals surface area contributed by atoms with Gasteiger partial charge in [-0.3, -0.25) is 19.7 Å². The first-order chi connectivity index (χ1) is 13.4. The average Bonchev–Trinajstić information content (AvgIpc) is 2.98. The first kappa shape index (κ1) is 18.0. The lowest BCUT2D eigenvalue weighted by atomic mass is 10.0. The van der Waals surface area contributed by atoms with Crippen molar-refractivity contribution in [1.29, 1.82) is 0 Å². The molecule has 1 fully saturated rings. The van der Waals surface area contributed by atoms with Crippen molar-refractivity contribution in [3.8, 4) is 5.75 Å². The number of piperidine rings is 1. The van der Waals surface area contributed by atoms with E-state index in [4.69, 9.17) is 0 Å². The summed E-state index contributed by atoms with van der Waals surface area (Å²) in [7, 11) is 0. The summed E-state index contributed by atoms with van der Waals surface area (Å²) >= 11 is 0. The zero-order valence-corrected chi connectivity index (χ0v) is 14.9. The Morgan fingerprint density at radius 1 is 1.21 bits per heavy atom. The molecule has 0 aliphatic carbocycles. The summed E-state index contributed by atoms with van der Waals surface area (Å²) in [4.78, 5) is 37.8. The summed E-state index contributed by atoms with van der Waals surface area (Å²) in [5, 5.41) is 14.7. The van der Waals surface area contributed by atoms with Crippen molar-refractivity contribution in [3.63, 3.8) is 0 Å². The number of halogens is 1. The predicted molar refractivity (Wildman–Crippen MR) is 97.9 cm³/mol. The van der Waals surface area contributed by atoms with Crippen LogP contribution in [-0.2, 0) is 22.7 Å². The van der Waals surface area contributed by atoms with Gasteiger partial charge in [0, 0.05) is 48.0 Å². The van der Waals surface area contributed by atoms with Crippen LogP contribution in [0.4, 0.5) is 10.1 Å². The van der Waals surface area contributed by atoms with E-state index in [2.05, 4.69) is 10.6 Å². The van der Waals surface area contributed by atoms with Gasteiger partial charge in [-0.25, -0.2) is 4.39 Å². The minimum Gasteiger partial charge on any atom is -0.508 e. The number of amides is 3. The SMILES string of the molecule is O=C1CC[C@H](N2Cc3c(NCc4ccc(O)cc4F)cccc3C2=O)C(=O)N1. The van der Waals surface area contributed by atoms with Crippen molar-refractivity contribution < 1.29 is 23.9 Å². The van der Waals surface area contributed by atoms with Gasteiger partial charge in [0.05, 0.1) is 0 Å². The third kappa shape index (κ3) is 3.17. The topological polar surface area (TPSA) is 98.7 Å². The third-order valence-electron chi connectivity index (χ3n) is 5.09. The van der Waals surface area contributed by atoms with E-state index in [1.165, 1.54) is 17.0 Å². The van der Waals surface area contributed by atoms with Gasteiger partial charge in [-0.2, -0.15) is 0 Å². The minimum atomic E-state index is -0.681. The Bertz CT molecular complexity index is 991. The van der Waals surface area contributed by atoms with Crippen LogP contribution in [0, 0.1) is 5.82 Å². The number of nitrogens with zero attached hydrogens (tertiary/aromatic N) is 1.